The first-order valence-corrected chi connectivity index (χ1v) is 2.29. The molecule has 0 amide bonds. The molecule has 0 fully saturated rings. The van der Waals surface area contributed by atoms with Crippen LogP contribution in [0.5, 0.6) is 0 Å². The van der Waals surface area contributed by atoms with Gasteiger partial charge < -0.3 is 0 Å². The summed E-state index contributed by atoms with van der Waals surface area (Å²) < 4.78 is 23.6. The van der Waals surface area contributed by atoms with E-state index in [1.54, 1.807) is 11.8 Å². The van der Waals surface area contributed by atoms with Crippen molar-refractivity contribution in [3.05, 3.63) is 0 Å². The summed E-state index contributed by atoms with van der Waals surface area (Å²) >= 11 is 0. The Labute approximate surface area is 56.7 Å². The fourth-order valence-electron chi connectivity index (χ4n) is 0.211. The van der Waals surface area contributed by atoms with Gasteiger partial charge in [0.25, 0.3) is 0 Å². The maximum absolute atomic E-state index is 11.8. The van der Waals surface area contributed by atoms with E-state index in [2.05, 4.69) is 0 Å². The molecule has 0 aromatic heterocycles. The van der Waals surface area contributed by atoms with E-state index in [1.165, 1.54) is 0 Å². The van der Waals surface area contributed by atoms with Crippen LogP contribution in [-0.4, -0.2) is 12.3 Å². The monoisotopic (exact) mass is 140 g/mol. The van der Waals surface area contributed by atoms with Crippen molar-refractivity contribution in [3.63, 3.8) is 0 Å². The Morgan fingerprint density at radius 3 is 1.40 bits per heavy atom. The number of hydrogen-bond acceptors (Lipinski definition) is 2. The number of alkyl halides is 2. The Morgan fingerprint density at radius 1 is 0.900 bits per heavy atom. The summed E-state index contributed by atoms with van der Waals surface area (Å²) in [5, 5.41) is 15.6. The zero-order valence-corrected chi connectivity index (χ0v) is 4.81. The second-order valence-corrected chi connectivity index (χ2v) is 1.27. The Bertz CT molecular complexity index is 213. The van der Waals surface area contributed by atoms with Crippen molar-refractivity contribution in [2.24, 2.45) is 0 Å². The normalized spacial score (nSPS) is 13.2. The molecule has 0 aliphatic heterocycles. The molecular formula is C6H2F2N2. The third kappa shape index (κ3) is 3.41. The second-order valence-electron chi connectivity index (χ2n) is 1.27. The molecule has 0 aliphatic carbocycles. The zero-order valence-electron chi connectivity index (χ0n) is 4.81. The third-order valence-electron chi connectivity index (χ3n) is 0.563. The van der Waals surface area contributed by atoms with Crippen molar-refractivity contribution in [1.29, 1.82) is 10.5 Å². The van der Waals surface area contributed by atoms with E-state index < -0.39 is 12.3 Å². The van der Waals surface area contributed by atoms with Crippen LogP contribution in [0.25, 0.3) is 0 Å². The minimum atomic E-state index is -2.01. The standard InChI is InChI=1S/C6H2F2N2/c7-5(3-9)1-2-6(8)4-10/h5-6H. The van der Waals surface area contributed by atoms with E-state index in [0.717, 1.165) is 12.1 Å². The van der Waals surface area contributed by atoms with E-state index in [0.29, 0.717) is 0 Å². The van der Waals surface area contributed by atoms with Gasteiger partial charge in [0.1, 0.15) is 12.1 Å². The molecule has 0 aromatic rings. The fourth-order valence-corrected chi connectivity index (χ4v) is 0.211. The third-order valence-corrected chi connectivity index (χ3v) is 0.563. The Balaban J connectivity index is 3.96. The van der Waals surface area contributed by atoms with Crippen LogP contribution >= 0.6 is 0 Å². The second kappa shape index (κ2) is 4.30. The maximum atomic E-state index is 11.8. The van der Waals surface area contributed by atoms with Gasteiger partial charge in [-0.3, -0.25) is 0 Å². The Hall–Kier alpha value is -1.60. The molecule has 0 spiro atoms. The lowest BCUT2D eigenvalue weighted by Gasteiger charge is -1.81. The molecule has 0 aromatic carbocycles. The molecule has 0 rings (SSSR count). The van der Waals surface area contributed by atoms with Crippen LogP contribution < -0.4 is 0 Å². The lowest BCUT2D eigenvalue weighted by Crippen LogP contribution is -1.93. The molecule has 0 aliphatic rings. The Kier molecular flexibility index (Phi) is 3.61. The predicted octanol–water partition coefficient (Wildman–Crippen LogP) is 0.713. The summed E-state index contributed by atoms with van der Waals surface area (Å²) in [7, 11) is 0. The highest BCUT2D eigenvalue weighted by atomic mass is 19.1. The van der Waals surface area contributed by atoms with Gasteiger partial charge in [-0.15, -0.1) is 0 Å². The van der Waals surface area contributed by atoms with Gasteiger partial charge in [-0.05, 0) is 11.8 Å². The van der Waals surface area contributed by atoms with Crippen molar-refractivity contribution in [1.82, 2.24) is 0 Å². The predicted molar refractivity (Wildman–Crippen MR) is 28.8 cm³/mol. The first-order valence-electron chi connectivity index (χ1n) is 2.29. The van der Waals surface area contributed by atoms with E-state index in [9.17, 15) is 8.78 Å². The van der Waals surface area contributed by atoms with Crippen LogP contribution in [0.3, 0.4) is 0 Å². The van der Waals surface area contributed by atoms with E-state index in [4.69, 9.17) is 10.5 Å². The SMILES string of the molecule is N#CC(F)C#CC(F)C#N. The summed E-state index contributed by atoms with van der Waals surface area (Å²) in [4.78, 5) is 0. The molecule has 0 saturated heterocycles. The van der Waals surface area contributed by atoms with Gasteiger partial charge in [0, 0.05) is 0 Å². The van der Waals surface area contributed by atoms with Gasteiger partial charge in [-0.2, -0.15) is 10.5 Å². The van der Waals surface area contributed by atoms with Crippen LogP contribution in [0.2, 0.25) is 0 Å². The highest BCUT2D eigenvalue weighted by Gasteiger charge is 1.98. The van der Waals surface area contributed by atoms with E-state index in [1.807, 2.05) is 0 Å². The molecule has 0 radical (unpaired) electrons. The van der Waals surface area contributed by atoms with Crippen molar-refractivity contribution in [3.8, 4) is 24.0 Å². The number of hydrogen-bond donors (Lipinski definition) is 0. The molecule has 50 valence electrons. The van der Waals surface area contributed by atoms with Crippen LogP contribution in [0.1, 0.15) is 0 Å². The van der Waals surface area contributed by atoms with Gasteiger partial charge in [0.05, 0.1) is 0 Å². The van der Waals surface area contributed by atoms with Crippen LogP contribution in [0, 0.1) is 34.5 Å². The smallest absolute Gasteiger partial charge is 0.217 e. The first kappa shape index (κ1) is 8.40. The van der Waals surface area contributed by atoms with Gasteiger partial charge >= 0.3 is 0 Å². The summed E-state index contributed by atoms with van der Waals surface area (Å²) in [5.41, 5.74) is 0. The van der Waals surface area contributed by atoms with Crippen molar-refractivity contribution < 1.29 is 8.78 Å². The molecule has 0 N–H and O–H groups in total. The highest BCUT2D eigenvalue weighted by molar-refractivity contribution is 5.19. The van der Waals surface area contributed by atoms with Crippen molar-refractivity contribution in [2.45, 2.75) is 12.3 Å². The van der Waals surface area contributed by atoms with E-state index in [-0.39, 0.29) is 0 Å². The summed E-state index contributed by atoms with van der Waals surface area (Å²) in [5.74, 6) is 3.22. The number of halogens is 2. The van der Waals surface area contributed by atoms with Gasteiger partial charge in [0.15, 0.2) is 0 Å². The molecule has 0 heterocycles. The quantitative estimate of drug-likeness (QED) is 0.465. The minimum Gasteiger partial charge on any atom is -0.217 e. The molecule has 0 bridgehead atoms. The molecule has 2 atom stereocenters. The summed E-state index contributed by atoms with van der Waals surface area (Å²) in [6, 6.07) is 2.26. The highest BCUT2D eigenvalue weighted by Crippen LogP contribution is 1.87. The topological polar surface area (TPSA) is 47.6 Å². The van der Waals surface area contributed by atoms with Crippen molar-refractivity contribution in [2.75, 3.05) is 0 Å². The molecule has 4 heteroatoms. The largest absolute Gasteiger partial charge is 0.246 e. The fraction of sp³-hybridized carbons (Fsp3) is 0.333. The summed E-state index contributed by atoms with van der Waals surface area (Å²) in [6.07, 6.45) is -4.02. The van der Waals surface area contributed by atoms with Gasteiger partial charge in [-0.1, -0.05) is 0 Å². The average molecular weight is 140 g/mol. The summed E-state index contributed by atoms with van der Waals surface area (Å²) in [6.45, 7) is 0. The van der Waals surface area contributed by atoms with Crippen LogP contribution in [0.4, 0.5) is 8.78 Å². The van der Waals surface area contributed by atoms with Crippen molar-refractivity contribution >= 4 is 0 Å². The molecular weight excluding hydrogens is 138 g/mol. The first-order chi connectivity index (χ1) is 4.70. The Morgan fingerprint density at radius 2 is 1.20 bits per heavy atom. The van der Waals surface area contributed by atoms with E-state index >= 15 is 0 Å². The number of nitriles is 2. The molecule has 2 nitrogen and oxygen atoms in total. The minimum absolute atomic E-state index is 1.13. The van der Waals surface area contributed by atoms with Gasteiger partial charge in [-0.25, -0.2) is 8.78 Å². The maximum Gasteiger partial charge on any atom is 0.246 e. The molecule has 10 heavy (non-hydrogen) atoms. The number of nitrogens with zero attached hydrogens (tertiary/aromatic N) is 2. The van der Waals surface area contributed by atoms with Gasteiger partial charge in [0.2, 0.25) is 12.3 Å². The lowest BCUT2D eigenvalue weighted by atomic mass is 10.3. The lowest BCUT2D eigenvalue weighted by molar-refractivity contribution is 0.477. The number of rotatable bonds is 0. The molecule has 2 unspecified atom stereocenters. The van der Waals surface area contributed by atoms with Crippen LogP contribution in [0.15, 0.2) is 0 Å². The zero-order chi connectivity index (χ0) is 7.98. The molecule has 0 saturated carbocycles. The average Bonchev–Trinajstić information content (AvgIpc) is 1.99. The van der Waals surface area contributed by atoms with Crippen LogP contribution in [-0.2, 0) is 0 Å².